The van der Waals surface area contributed by atoms with Gasteiger partial charge in [-0.25, -0.2) is 0 Å². The summed E-state index contributed by atoms with van der Waals surface area (Å²) in [5.41, 5.74) is 1.23. The first-order valence-corrected chi connectivity index (χ1v) is 21.5. The van der Waals surface area contributed by atoms with E-state index < -0.39 is 12.8 Å². The molecule has 0 fully saturated rings. The van der Waals surface area contributed by atoms with Gasteiger partial charge in [-0.15, -0.1) is 0 Å². The topological polar surface area (TPSA) is 80.3 Å². The lowest BCUT2D eigenvalue weighted by atomic mass is 10.1. The molecule has 332 valence electrons. The Bertz CT molecular complexity index is 1620. The molecule has 0 saturated carbocycles. The zero-order valence-corrected chi connectivity index (χ0v) is 36.6. The van der Waals surface area contributed by atoms with Gasteiger partial charge < -0.3 is 33.3 Å². The number of ether oxygens (including phenoxy) is 5. The highest BCUT2D eigenvalue weighted by atomic mass is 35.5. The summed E-state index contributed by atoms with van der Waals surface area (Å²) in [5, 5.41) is 0.443. The van der Waals surface area contributed by atoms with E-state index in [1.165, 1.54) is 113 Å². The van der Waals surface area contributed by atoms with Crippen LogP contribution < -0.4 is 23.7 Å². The molecule has 4 aromatic rings. The van der Waals surface area contributed by atoms with Crippen LogP contribution in [0.2, 0.25) is 5.02 Å². The Morgan fingerprint density at radius 1 is 0.467 bits per heavy atom. The van der Waals surface area contributed by atoms with Crippen molar-refractivity contribution in [3.8, 4) is 40.2 Å². The zero-order chi connectivity index (χ0) is 44.3. The fourth-order valence-electron chi connectivity index (χ4n) is 5.76. The van der Waals surface area contributed by atoms with Crippen LogP contribution in [0.4, 0.5) is 13.2 Å². The molecule has 0 aromatic heterocycles. The highest BCUT2D eigenvalue weighted by molar-refractivity contribution is 6.32. The van der Waals surface area contributed by atoms with Crippen LogP contribution in [0.25, 0.3) is 0 Å². The van der Waals surface area contributed by atoms with Crippen LogP contribution in [0.15, 0.2) is 91.0 Å². The Kier molecular flexibility index (Phi) is 30.3. The maximum Gasteiger partial charge on any atom is 0.422 e. The molecule has 60 heavy (non-hydrogen) atoms. The minimum absolute atomic E-state index is 0.117. The van der Waals surface area contributed by atoms with Crippen LogP contribution in [-0.4, -0.2) is 39.6 Å². The van der Waals surface area contributed by atoms with Crippen molar-refractivity contribution in [3.05, 3.63) is 102 Å². The predicted octanol–water partition coefficient (Wildman–Crippen LogP) is 15.5. The van der Waals surface area contributed by atoms with E-state index in [-0.39, 0.29) is 5.75 Å². The lowest BCUT2D eigenvalue weighted by molar-refractivity contribution is -0.153. The van der Waals surface area contributed by atoms with Crippen molar-refractivity contribution in [1.29, 1.82) is 0 Å². The molecule has 0 aliphatic carbocycles. The molecule has 4 aromatic carbocycles. The van der Waals surface area contributed by atoms with Gasteiger partial charge in [0.2, 0.25) is 0 Å². The molecular formula is C49H66ClF3O7. The molecule has 11 heteroatoms. The van der Waals surface area contributed by atoms with Gasteiger partial charge in [0.05, 0.1) is 18.2 Å². The van der Waals surface area contributed by atoms with Gasteiger partial charge in [-0.2, -0.15) is 13.2 Å². The summed E-state index contributed by atoms with van der Waals surface area (Å²) in [7, 11) is 0. The Morgan fingerprint density at radius 2 is 0.817 bits per heavy atom. The number of halogens is 4. The van der Waals surface area contributed by atoms with Crippen molar-refractivity contribution in [3.63, 3.8) is 0 Å². The van der Waals surface area contributed by atoms with E-state index in [1.807, 2.05) is 50.0 Å². The van der Waals surface area contributed by atoms with Gasteiger partial charge in [0.25, 0.3) is 0 Å². The normalized spacial score (nSPS) is 10.4. The first-order valence-electron chi connectivity index (χ1n) is 21.1. The highest BCUT2D eigenvalue weighted by Gasteiger charge is 2.28. The minimum atomic E-state index is -4.37. The van der Waals surface area contributed by atoms with E-state index >= 15 is 0 Å². The highest BCUT2D eigenvalue weighted by Crippen LogP contribution is 2.32. The van der Waals surface area contributed by atoms with Gasteiger partial charge in [0.15, 0.2) is 6.61 Å². The van der Waals surface area contributed by atoms with Crippen molar-refractivity contribution in [2.45, 2.75) is 130 Å². The van der Waals surface area contributed by atoms with Crippen molar-refractivity contribution in [2.24, 2.45) is 0 Å². The van der Waals surface area contributed by atoms with Gasteiger partial charge in [0, 0.05) is 6.07 Å². The molecule has 0 spiro atoms. The third-order valence-electron chi connectivity index (χ3n) is 8.97. The van der Waals surface area contributed by atoms with Crippen molar-refractivity contribution >= 4 is 25.2 Å². The summed E-state index contributed by atoms with van der Waals surface area (Å²) in [4.78, 5) is 16.0. The average molecular weight is 860 g/mol. The monoisotopic (exact) mass is 858 g/mol. The van der Waals surface area contributed by atoms with Gasteiger partial charge in [-0.3, -0.25) is 0 Å². The lowest BCUT2D eigenvalue weighted by Gasteiger charge is -2.12. The minimum Gasteiger partial charge on any atom is -0.494 e. The van der Waals surface area contributed by atoms with Crippen LogP contribution in [0.1, 0.15) is 122 Å². The predicted molar refractivity (Wildman–Crippen MR) is 238 cm³/mol. The summed E-state index contributed by atoms with van der Waals surface area (Å²) in [6.07, 6.45) is 16.2. The van der Waals surface area contributed by atoms with Crippen molar-refractivity contribution in [2.75, 3.05) is 19.8 Å². The fraction of sp³-hybridized carbons (Fsp3) is 0.469. The average Bonchev–Trinajstić information content (AvgIpc) is 3.25. The molecule has 0 atom stereocenters. The molecule has 0 radical (unpaired) electrons. The quantitative estimate of drug-likeness (QED) is 0.0582. The number of alkyl halides is 3. The van der Waals surface area contributed by atoms with E-state index in [0.29, 0.717) is 28.9 Å². The molecule has 0 N–H and O–H groups in total. The number of hydrogen-bond donors (Lipinski definition) is 0. The van der Waals surface area contributed by atoms with Crippen LogP contribution in [0.3, 0.4) is 0 Å². The van der Waals surface area contributed by atoms with Crippen LogP contribution >= 0.6 is 11.6 Å². The fourth-order valence-corrected chi connectivity index (χ4v) is 5.98. The number of carbonyl (C=O) groups excluding carboxylic acids is 2. The summed E-state index contributed by atoms with van der Waals surface area (Å²) >= 11 is 6.25. The Labute approximate surface area is 361 Å². The van der Waals surface area contributed by atoms with E-state index in [0.717, 1.165) is 43.1 Å². The molecule has 0 amide bonds. The van der Waals surface area contributed by atoms with E-state index in [4.69, 9.17) is 40.1 Å². The van der Waals surface area contributed by atoms with E-state index in [1.54, 1.807) is 18.2 Å². The maximum absolute atomic E-state index is 12.2. The zero-order valence-electron chi connectivity index (χ0n) is 35.9. The second-order valence-corrected chi connectivity index (χ2v) is 14.5. The van der Waals surface area contributed by atoms with Crippen LogP contribution in [0, 0.1) is 6.92 Å². The molecule has 0 unspecified atom stereocenters. The number of carbonyl (C=O) groups is 2. The number of unbranched alkanes of at least 4 members (excludes halogenated alkanes) is 14. The number of aryl methyl sites for hydroxylation is 1. The number of benzene rings is 4. The van der Waals surface area contributed by atoms with Crippen molar-refractivity contribution < 1.29 is 46.4 Å². The lowest BCUT2D eigenvalue weighted by Crippen LogP contribution is -2.19. The van der Waals surface area contributed by atoms with E-state index in [9.17, 15) is 13.2 Å². The second kappa shape index (κ2) is 34.1. The third kappa shape index (κ3) is 26.4. The Balaban J connectivity index is 0.000000555. The molecule has 0 aliphatic heterocycles. The molecular weight excluding hydrogens is 793 g/mol. The summed E-state index contributed by atoms with van der Waals surface area (Å²) in [5.74, 6) is 4.30. The first-order chi connectivity index (χ1) is 29.1. The summed E-state index contributed by atoms with van der Waals surface area (Å²) < 4.78 is 64.3. The van der Waals surface area contributed by atoms with Gasteiger partial charge >= 0.3 is 6.18 Å². The first kappa shape index (κ1) is 53.3. The van der Waals surface area contributed by atoms with Crippen molar-refractivity contribution in [1.82, 2.24) is 0 Å². The van der Waals surface area contributed by atoms with E-state index in [2.05, 4.69) is 37.6 Å². The molecule has 7 nitrogen and oxygen atoms in total. The number of rotatable bonds is 26. The smallest absolute Gasteiger partial charge is 0.422 e. The number of hydrogen-bond acceptors (Lipinski definition) is 7. The summed E-state index contributed by atoms with van der Waals surface area (Å²) in [6, 6.07) is 27.0. The Hall–Kier alpha value is -4.70. The largest absolute Gasteiger partial charge is 0.494 e. The molecule has 0 saturated heterocycles. The second-order valence-electron chi connectivity index (χ2n) is 14.1. The standard InChI is InChI=1S/C25H36O2.C22H26ClF3O3.2CH2O/c1-3-4-5-6-7-8-9-10-11-12-21-26-23-17-19-25(20-18-23)27-24-15-13-22(2)14-16-24;1-2-3-4-5-6-7-14-27-21-13-12-19(15-20(21)23)29-18-10-8-17(9-11-18)28-16-22(24,25)26;2*1-2/h13-20H,3-12,21H2,1-2H3;8-13,15H,2-7,14,16H2,1H3;2*1H2. The Morgan fingerprint density at radius 3 is 1.25 bits per heavy atom. The summed E-state index contributed by atoms with van der Waals surface area (Å²) in [6.45, 7) is 10.6. The third-order valence-corrected chi connectivity index (χ3v) is 9.26. The molecule has 0 heterocycles. The van der Waals surface area contributed by atoms with Gasteiger partial charge in [-0.05, 0) is 92.6 Å². The van der Waals surface area contributed by atoms with Crippen LogP contribution in [0.5, 0.6) is 40.2 Å². The maximum atomic E-state index is 12.2. The van der Waals surface area contributed by atoms with Crippen LogP contribution in [-0.2, 0) is 9.59 Å². The van der Waals surface area contributed by atoms with Gasteiger partial charge in [-0.1, -0.05) is 133 Å². The molecule has 4 rings (SSSR count). The van der Waals surface area contributed by atoms with Gasteiger partial charge in [0.1, 0.15) is 53.8 Å². The molecule has 0 bridgehead atoms. The molecule has 0 aliphatic rings. The SMILES string of the molecule is C=O.C=O.CCCCCCCCCCCCOc1ccc(Oc2ccc(C)cc2)cc1.CCCCCCCCOc1ccc(Oc2ccc(OCC(F)(F)F)cc2)cc1Cl.